The molecule has 170 valence electrons. The van der Waals surface area contributed by atoms with Gasteiger partial charge in [0.15, 0.2) is 5.54 Å². The zero-order valence-corrected chi connectivity index (χ0v) is 19.5. The minimum atomic E-state index is -1.10. The summed E-state index contributed by atoms with van der Waals surface area (Å²) in [5.41, 5.74) is 3.84. The first-order chi connectivity index (χ1) is 16.5. The molecule has 34 heavy (non-hydrogen) atoms. The zero-order valence-electron chi connectivity index (χ0n) is 18.8. The van der Waals surface area contributed by atoms with Crippen LogP contribution in [0.4, 0.5) is 0 Å². The normalized spacial score (nSPS) is 22.1. The van der Waals surface area contributed by atoms with Gasteiger partial charge in [0, 0.05) is 34.9 Å². The van der Waals surface area contributed by atoms with Crippen molar-refractivity contribution in [3.05, 3.63) is 106 Å². The highest BCUT2D eigenvalue weighted by molar-refractivity contribution is 6.30. The van der Waals surface area contributed by atoms with E-state index in [-0.39, 0.29) is 24.3 Å². The molecule has 2 aliphatic rings. The van der Waals surface area contributed by atoms with Crippen molar-refractivity contribution in [2.24, 2.45) is 0 Å². The number of amides is 2. The molecule has 2 amide bonds. The van der Waals surface area contributed by atoms with E-state index >= 15 is 0 Å². The number of halogens is 1. The molecule has 3 heterocycles. The number of piperazine rings is 1. The number of hydrogen-bond donors (Lipinski definition) is 1. The van der Waals surface area contributed by atoms with Crippen molar-refractivity contribution in [1.82, 2.24) is 14.8 Å². The van der Waals surface area contributed by atoms with Crippen LogP contribution in [0.15, 0.2) is 78.9 Å². The Morgan fingerprint density at radius 2 is 1.68 bits per heavy atom. The van der Waals surface area contributed by atoms with Crippen LogP contribution in [0.2, 0.25) is 5.02 Å². The smallest absolute Gasteiger partial charge is 0.255 e. The van der Waals surface area contributed by atoms with E-state index in [1.807, 2.05) is 79.7 Å². The van der Waals surface area contributed by atoms with Crippen LogP contribution in [0, 0.1) is 0 Å². The van der Waals surface area contributed by atoms with Gasteiger partial charge in [-0.15, -0.1) is 0 Å². The quantitative estimate of drug-likeness (QED) is 0.456. The van der Waals surface area contributed by atoms with Crippen molar-refractivity contribution in [3.8, 4) is 0 Å². The largest absolute Gasteiger partial charge is 0.356 e. The van der Waals surface area contributed by atoms with Gasteiger partial charge in [-0.2, -0.15) is 0 Å². The Kier molecular flexibility index (Phi) is 4.78. The molecular formula is C28H24ClN3O2. The SMILES string of the molecule is CC12C(=O)N(Cc3ccccc3)CC(=O)N1CC(c1ccc(Cl)cc1)c1c2[nH]c2ccccc12. The van der Waals surface area contributed by atoms with Gasteiger partial charge in [0.05, 0.1) is 5.69 Å². The van der Waals surface area contributed by atoms with Gasteiger partial charge in [0.2, 0.25) is 5.91 Å². The number of fused-ring (bicyclic) bond motifs is 5. The van der Waals surface area contributed by atoms with Gasteiger partial charge in [0.1, 0.15) is 6.54 Å². The topological polar surface area (TPSA) is 56.4 Å². The summed E-state index contributed by atoms with van der Waals surface area (Å²) in [4.78, 5) is 34.6. The van der Waals surface area contributed by atoms with Crippen LogP contribution in [0.1, 0.15) is 35.2 Å². The number of H-pyrrole nitrogens is 1. The van der Waals surface area contributed by atoms with E-state index in [9.17, 15) is 9.59 Å². The Labute approximate surface area is 202 Å². The lowest BCUT2D eigenvalue weighted by Crippen LogP contribution is -2.67. The number of para-hydroxylation sites is 1. The Hall–Kier alpha value is -3.57. The molecule has 0 aliphatic carbocycles. The molecule has 2 unspecified atom stereocenters. The van der Waals surface area contributed by atoms with Crippen LogP contribution in [0.3, 0.4) is 0 Å². The fourth-order valence-corrected chi connectivity index (χ4v) is 5.73. The summed E-state index contributed by atoms with van der Waals surface area (Å²) in [5.74, 6) is -0.159. The Morgan fingerprint density at radius 3 is 2.44 bits per heavy atom. The van der Waals surface area contributed by atoms with Crippen molar-refractivity contribution in [2.75, 3.05) is 13.1 Å². The molecule has 6 heteroatoms. The van der Waals surface area contributed by atoms with Gasteiger partial charge < -0.3 is 14.8 Å². The van der Waals surface area contributed by atoms with E-state index < -0.39 is 5.54 Å². The van der Waals surface area contributed by atoms with E-state index in [1.54, 1.807) is 9.80 Å². The highest BCUT2D eigenvalue weighted by atomic mass is 35.5. The number of carbonyl (C=O) groups is 2. The summed E-state index contributed by atoms with van der Waals surface area (Å²) in [5, 5.41) is 1.75. The molecule has 0 bridgehead atoms. The molecule has 0 spiro atoms. The second kappa shape index (κ2) is 7.74. The van der Waals surface area contributed by atoms with Crippen molar-refractivity contribution in [2.45, 2.75) is 24.9 Å². The lowest BCUT2D eigenvalue weighted by atomic mass is 9.76. The average Bonchev–Trinajstić information content (AvgIpc) is 3.25. The first-order valence-electron chi connectivity index (χ1n) is 11.5. The maximum absolute atomic E-state index is 14.1. The molecule has 6 rings (SSSR count). The highest BCUT2D eigenvalue weighted by Gasteiger charge is 2.56. The number of nitrogens with zero attached hydrogens (tertiary/aromatic N) is 2. The van der Waals surface area contributed by atoms with Crippen LogP contribution in [0.5, 0.6) is 0 Å². The number of hydrogen-bond acceptors (Lipinski definition) is 2. The minimum Gasteiger partial charge on any atom is -0.356 e. The number of rotatable bonds is 3. The fourth-order valence-electron chi connectivity index (χ4n) is 5.60. The lowest BCUT2D eigenvalue weighted by molar-refractivity contribution is -0.166. The molecule has 1 fully saturated rings. The Morgan fingerprint density at radius 1 is 0.971 bits per heavy atom. The summed E-state index contributed by atoms with van der Waals surface area (Å²) in [6, 6.07) is 25.7. The van der Waals surface area contributed by atoms with Gasteiger partial charge in [-0.3, -0.25) is 9.59 Å². The summed E-state index contributed by atoms with van der Waals surface area (Å²) in [6.07, 6.45) is 0. The van der Waals surface area contributed by atoms with E-state index in [0.29, 0.717) is 18.1 Å². The number of carbonyl (C=O) groups excluding carboxylic acids is 2. The molecule has 4 aromatic rings. The third-order valence-corrected chi connectivity index (χ3v) is 7.56. The predicted octanol–water partition coefficient (Wildman–Crippen LogP) is 5.05. The summed E-state index contributed by atoms with van der Waals surface area (Å²) in [6.45, 7) is 2.81. The number of benzene rings is 3. The number of aromatic amines is 1. The molecular weight excluding hydrogens is 446 g/mol. The van der Waals surface area contributed by atoms with Gasteiger partial charge in [-0.05, 0) is 41.8 Å². The summed E-state index contributed by atoms with van der Waals surface area (Å²) < 4.78 is 0. The van der Waals surface area contributed by atoms with Crippen molar-refractivity contribution < 1.29 is 9.59 Å². The molecule has 2 aliphatic heterocycles. The predicted molar refractivity (Wildman–Crippen MR) is 133 cm³/mol. The first-order valence-corrected chi connectivity index (χ1v) is 11.8. The van der Waals surface area contributed by atoms with E-state index in [1.165, 1.54) is 0 Å². The third kappa shape index (κ3) is 3.07. The van der Waals surface area contributed by atoms with Crippen LogP contribution >= 0.6 is 11.6 Å². The lowest BCUT2D eigenvalue weighted by Gasteiger charge is -2.51. The van der Waals surface area contributed by atoms with E-state index in [4.69, 9.17) is 11.6 Å². The Bertz CT molecular complexity index is 1410. The van der Waals surface area contributed by atoms with Gasteiger partial charge in [-0.1, -0.05) is 72.3 Å². The number of aromatic nitrogens is 1. The van der Waals surface area contributed by atoms with Crippen LogP contribution in [-0.4, -0.2) is 39.7 Å². The third-order valence-electron chi connectivity index (χ3n) is 7.31. The van der Waals surface area contributed by atoms with Gasteiger partial charge in [-0.25, -0.2) is 0 Å². The summed E-state index contributed by atoms with van der Waals surface area (Å²) >= 11 is 6.16. The summed E-state index contributed by atoms with van der Waals surface area (Å²) in [7, 11) is 0. The minimum absolute atomic E-state index is 0.0405. The van der Waals surface area contributed by atoms with Crippen LogP contribution < -0.4 is 0 Å². The van der Waals surface area contributed by atoms with Gasteiger partial charge >= 0.3 is 0 Å². The monoisotopic (exact) mass is 469 g/mol. The molecule has 0 saturated carbocycles. The molecule has 0 radical (unpaired) electrons. The zero-order chi connectivity index (χ0) is 23.4. The second-order valence-electron chi connectivity index (χ2n) is 9.29. The van der Waals surface area contributed by atoms with Crippen LogP contribution in [0.25, 0.3) is 10.9 Å². The Balaban J connectivity index is 1.52. The maximum Gasteiger partial charge on any atom is 0.255 e. The number of nitrogens with one attached hydrogen (secondary N) is 1. The van der Waals surface area contributed by atoms with Crippen molar-refractivity contribution in [1.29, 1.82) is 0 Å². The molecule has 5 nitrogen and oxygen atoms in total. The standard InChI is InChI=1S/C28H24ClN3O2/c1-28-26-25(21-9-5-6-10-23(21)30-26)22(19-11-13-20(29)14-12-19)16-32(28)24(33)17-31(27(28)34)15-18-7-3-2-4-8-18/h2-14,22,30H,15-17H2,1H3. The molecule has 2 atom stereocenters. The van der Waals surface area contributed by atoms with Crippen molar-refractivity contribution >= 4 is 34.3 Å². The average molecular weight is 470 g/mol. The first kappa shape index (κ1) is 21.0. The maximum atomic E-state index is 14.1. The molecule has 1 aromatic heterocycles. The van der Waals surface area contributed by atoms with E-state index in [2.05, 4.69) is 11.1 Å². The molecule has 1 N–H and O–H groups in total. The van der Waals surface area contributed by atoms with Crippen LogP contribution in [-0.2, 0) is 21.7 Å². The second-order valence-corrected chi connectivity index (χ2v) is 9.72. The molecule has 3 aromatic carbocycles. The van der Waals surface area contributed by atoms with Crippen molar-refractivity contribution in [3.63, 3.8) is 0 Å². The van der Waals surface area contributed by atoms with E-state index in [0.717, 1.165) is 33.3 Å². The molecule has 1 saturated heterocycles. The highest BCUT2D eigenvalue weighted by Crippen LogP contribution is 2.48. The fraction of sp³-hybridized carbons (Fsp3) is 0.214. The van der Waals surface area contributed by atoms with Gasteiger partial charge in [0.25, 0.3) is 5.91 Å².